The maximum absolute atomic E-state index is 12.9. The molecule has 3 heterocycles. The Labute approximate surface area is 201 Å². The van der Waals surface area contributed by atoms with Crippen molar-refractivity contribution in [2.75, 3.05) is 31.1 Å². The third kappa shape index (κ3) is 4.27. The number of nitrogens with zero attached hydrogens (tertiary/aromatic N) is 6. The average molecular weight is 473 g/mol. The van der Waals surface area contributed by atoms with Crippen LogP contribution in [0.5, 0.6) is 0 Å². The first kappa shape index (κ1) is 21.8. The summed E-state index contributed by atoms with van der Waals surface area (Å²) in [6.07, 6.45) is 4.73. The maximum atomic E-state index is 12.9. The van der Waals surface area contributed by atoms with Gasteiger partial charge in [-0.05, 0) is 12.1 Å². The van der Waals surface area contributed by atoms with Gasteiger partial charge in [0.2, 0.25) is 0 Å². The molecule has 2 aromatic carbocycles. The lowest BCUT2D eigenvalue weighted by Gasteiger charge is -2.36. The normalized spacial score (nSPS) is 13.7. The monoisotopic (exact) mass is 472 g/mol. The van der Waals surface area contributed by atoms with Crippen molar-refractivity contribution in [3.05, 3.63) is 100 Å². The van der Waals surface area contributed by atoms with Gasteiger partial charge in [-0.15, -0.1) is 0 Å². The van der Waals surface area contributed by atoms with Gasteiger partial charge in [0, 0.05) is 44.1 Å². The van der Waals surface area contributed by atoms with Crippen molar-refractivity contribution in [3.63, 3.8) is 0 Å². The number of anilines is 1. The lowest BCUT2D eigenvalue weighted by atomic mass is 10.2. The standard InChI is InChI=1S/C25H21ClN6O2/c26-22-21(17-29-32(25(22)34)20-9-5-2-6-10-20)30-11-13-31(14-12-30)24(33)19-15-27-23(28-16-19)18-7-3-1-4-8-18/h1-10,15-17H,11-14H2. The number of hydrogen-bond donors (Lipinski definition) is 0. The average Bonchev–Trinajstić information content (AvgIpc) is 2.91. The maximum Gasteiger partial charge on any atom is 0.292 e. The van der Waals surface area contributed by atoms with E-state index in [0.717, 1.165) is 5.56 Å². The summed E-state index contributed by atoms with van der Waals surface area (Å²) in [7, 11) is 0. The SMILES string of the molecule is O=C(c1cnc(-c2ccccc2)nc1)N1CCN(c2cnn(-c3ccccc3)c(=O)c2Cl)CC1. The summed E-state index contributed by atoms with van der Waals surface area (Å²) in [6, 6.07) is 18.8. The molecule has 0 N–H and O–H groups in total. The number of para-hydroxylation sites is 1. The number of carbonyl (C=O) groups excluding carboxylic acids is 1. The van der Waals surface area contributed by atoms with Gasteiger partial charge in [0.25, 0.3) is 11.5 Å². The molecule has 1 amide bonds. The zero-order valence-corrected chi connectivity index (χ0v) is 19.0. The van der Waals surface area contributed by atoms with Crippen LogP contribution < -0.4 is 10.5 Å². The van der Waals surface area contributed by atoms with Crippen LogP contribution in [0.4, 0.5) is 5.69 Å². The summed E-state index contributed by atoms with van der Waals surface area (Å²) < 4.78 is 1.28. The van der Waals surface area contributed by atoms with Crippen LogP contribution >= 0.6 is 11.6 Å². The minimum Gasteiger partial charge on any atom is -0.365 e. The lowest BCUT2D eigenvalue weighted by Crippen LogP contribution is -2.49. The minimum atomic E-state index is -0.375. The van der Waals surface area contributed by atoms with Crippen molar-refractivity contribution in [2.45, 2.75) is 0 Å². The fraction of sp³-hybridized carbons (Fsp3) is 0.160. The van der Waals surface area contributed by atoms with Gasteiger partial charge in [0.15, 0.2) is 5.82 Å². The first-order valence-corrected chi connectivity index (χ1v) is 11.2. The van der Waals surface area contributed by atoms with Crippen LogP contribution in [0.25, 0.3) is 17.1 Å². The van der Waals surface area contributed by atoms with Gasteiger partial charge in [0.05, 0.1) is 23.1 Å². The molecule has 8 nitrogen and oxygen atoms in total. The van der Waals surface area contributed by atoms with E-state index in [4.69, 9.17) is 11.6 Å². The Balaban J connectivity index is 1.26. The number of halogens is 1. The van der Waals surface area contributed by atoms with Crippen molar-refractivity contribution in [2.24, 2.45) is 0 Å². The molecule has 2 aromatic heterocycles. The molecule has 0 saturated carbocycles. The zero-order chi connectivity index (χ0) is 23.5. The van der Waals surface area contributed by atoms with E-state index in [2.05, 4.69) is 15.1 Å². The van der Waals surface area contributed by atoms with Crippen LogP contribution in [0.15, 0.2) is 84.0 Å². The Bertz CT molecular complexity index is 1350. The molecule has 1 aliphatic heterocycles. The summed E-state index contributed by atoms with van der Waals surface area (Å²) in [4.78, 5) is 38.2. The Hall–Kier alpha value is -4.04. The van der Waals surface area contributed by atoms with E-state index in [-0.39, 0.29) is 16.5 Å². The second-order valence-corrected chi connectivity index (χ2v) is 8.21. The molecule has 0 radical (unpaired) electrons. The van der Waals surface area contributed by atoms with Gasteiger partial charge >= 0.3 is 0 Å². The van der Waals surface area contributed by atoms with E-state index < -0.39 is 0 Å². The molecule has 34 heavy (non-hydrogen) atoms. The first-order chi connectivity index (χ1) is 16.6. The van der Waals surface area contributed by atoms with Crippen molar-refractivity contribution in [3.8, 4) is 17.1 Å². The number of hydrogen-bond acceptors (Lipinski definition) is 6. The Morgan fingerprint density at radius 3 is 2.09 bits per heavy atom. The van der Waals surface area contributed by atoms with Crippen LogP contribution in [0.3, 0.4) is 0 Å². The number of carbonyl (C=O) groups is 1. The number of benzene rings is 2. The second-order valence-electron chi connectivity index (χ2n) is 7.84. The molecule has 0 aliphatic carbocycles. The van der Waals surface area contributed by atoms with Gasteiger partial charge in [-0.3, -0.25) is 9.59 Å². The molecular weight excluding hydrogens is 452 g/mol. The molecular formula is C25H21ClN6O2. The topological polar surface area (TPSA) is 84.2 Å². The van der Waals surface area contributed by atoms with Crippen molar-refractivity contribution >= 4 is 23.2 Å². The molecule has 0 unspecified atom stereocenters. The quantitative estimate of drug-likeness (QED) is 0.453. The van der Waals surface area contributed by atoms with Crippen LogP contribution in [0.2, 0.25) is 5.02 Å². The highest BCUT2D eigenvalue weighted by Gasteiger charge is 2.25. The number of aromatic nitrogens is 4. The molecule has 170 valence electrons. The molecule has 0 atom stereocenters. The van der Waals surface area contributed by atoms with Crippen LogP contribution in [0.1, 0.15) is 10.4 Å². The number of amides is 1. The van der Waals surface area contributed by atoms with Crippen molar-refractivity contribution in [1.29, 1.82) is 0 Å². The van der Waals surface area contributed by atoms with Crippen molar-refractivity contribution in [1.82, 2.24) is 24.6 Å². The largest absolute Gasteiger partial charge is 0.365 e. The summed E-state index contributed by atoms with van der Waals surface area (Å²) in [6.45, 7) is 2.03. The fourth-order valence-corrected chi connectivity index (χ4v) is 4.15. The fourth-order valence-electron chi connectivity index (χ4n) is 3.91. The molecule has 5 rings (SSSR count). The smallest absolute Gasteiger partial charge is 0.292 e. The number of piperazine rings is 1. The van der Waals surface area contributed by atoms with Crippen LogP contribution in [-0.4, -0.2) is 56.7 Å². The van der Waals surface area contributed by atoms with Crippen molar-refractivity contribution < 1.29 is 4.79 Å². The molecule has 1 aliphatic rings. The lowest BCUT2D eigenvalue weighted by molar-refractivity contribution is 0.0746. The zero-order valence-electron chi connectivity index (χ0n) is 18.2. The van der Waals surface area contributed by atoms with E-state index in [1.165, 1.54) is 4.68 Å². The molecule has 0 bridgehead atoms. The summed E-state index contributed by atoms with van der Waals surface area (Å²) >= 11 is 6.43. The van der Waals surface area contributed by atoms with Crippen LogP contribution in [-0.2, 0) is 0 Å². The molecule has 1 saturated heterocycles. The highest BCUT2D eigenvalue weighted by molar-refractivity contribution is 6.33. The second kappa shape index (κ2) is 9.44. The van der Waals surface area contributed by atoms with E-state index in [1.54, 1.807) is 35.6 Å². The minimum absolute atomic E-state index is 0.114. The van der Waals surface area contributed by atoms with Gasteiger partial charge in [-0.1, -0.05) is 60.1 Å². The number of rotatable bonds is 4. The summed E-state index contributed by atoms with van der Waals surface area (Å²) in [5.74, 6) is 0.456. The van der Waals surface area contributed by atoms with Gasteiger partial charge in [-0.25, -0.2) is 9.97 Å². The van der Waals surface area contributed by atoms with Gasteiger partial charge in [0.1, 0.15) is 5.02 Å². The van der Waals surface area contributed by atoms with E-state index in [1.807, 2.05) is 53.4 Å². The molecule has 1 fully saturated rings. The van der Waals surface area contributed by atoms with E-state index >= 15 is 0 Å². The highest BCUT2D eigenvalue weighted by atomic mass is 35.5. The molecule has 9 heteroatoms. The van der Waals surface area contributed by atoms with Crippen LogP contribution in [0, 0.1) is 0 Å². The predicted molar refractivity (Wildman–Crippen MR) is 130 cm³/mol. The predicted octanol–water partition coefficient (Wildman–Crippen LogP) is 3.31. The van der Waals surface area contributed by atoms with E-state index in [9.17, 15) is 9.59 Å². The Kier molecular flexibility index (Phi) is 6.05. The van der Waals surface area contributed by atoms with E-state index in [0.29, 0.717) is 48.9 Å². The van der Waals surface area contributed by atoms with Gasteiger partial charge in [-0.2, -0.15) is 9.78 Å². The summed E-state index contributed by atoms with van der Waals surface area (Å²) in [5.41, 5.74) is 2.19. The Morgan fingerprint density at radius 2 is 1.44 bits per heavy atom. The third-order valence-electron chi connectivity index (χ3n) is 5.74. The molecule has 0 spiro atoms. The summed E-state index contributed by atoms with van der Waals surface area (Å²) in [5, 5.41) is 4.41. The third-order valence-corrected chi connectivity index (χ3v) is 6.09. The molecule has 4 aromatic rings. The Morgan fingerprint density at radius 1 is 0.824 bits per heavy atom. The van der Waals surface area contributed by atoms with Gasteiger partial charge < -0.3 is 9.80 Å². The highest BCUT2D eigenvalue weighted by Crippen LogP contribution is 2.23. The first-order valence-electron chi connectivity index (χ1n) is 10.9.